The van der Waals surface area contributed by atoms with E-state index in [0.29, 0.717) is 11.8 Å². The van der Waals surface area contributed by atoms with Gasteiger partial charge in [0.05, 0.1) is 5.69 Å². The maximum atomic E-state index is 10.7. The lowest BCUT2D eigenvalue weighted by Gasteiger charge is -2.08. The second-order valence-corrected chi connectivity index (χ2v) is 4.15. The van der Waals surface area contributed by atoms with Gasteiger partial charge in [-0.05, 0) is 36.2 Å². The Morgan fingerprint density at radius 1 is 1.32 bits per heavy atom. The number of phenolic OH excluding ortho intramolecular Hbond substituents is 1. The van der Waals surface area contributed by atoms with Crippen molar-refractivity contribution in [3.8, 4) is 11.5 Å². The van der Waals surface area contributed by atoms with Crippen molar-refractivity contribution in [1.29, 1.82) is 0 Å². The van der Waals surface area contributed by atoms with E-state index in [0.717, 1.165) is 17.7 Å². The van der Waals surface area contributed by atoms with Crippen molar-refractivity contribution < 1.29 is 14.6 Å². The van der Waals surface area contributed by atoms with E-state index in [1.54, 1.807) is 6.20 Å². The predicted molar refractivity (Wildman–Crippen MR) is 71.4 cm³/mol. The molecule has 2 aromatic rings. The molecule has 0 aliphatic heterocycles. The summed E-state index contributed by atoms with van der Waals surface area (Å²) in [6, 6.07) is 8.35. The summed E-state index contributed by atoms with van der Waals surface area (Å²) in [4.78, 5) is 14.9. The zero-order valence-corrected chi connectivity index (χ0v) is 10.7. The van der Waals surface area contributed by atoms with E-state index in [-0.39, 0.29) is 18.1 Å². The van der Waals surface area contributed by atoms with Crippen molar-refractivity contribution >= 4 is 6.29 Å². The van der Waals surface area contributed by atoms with E-state index >= 15 is 0 Å². The van der Waals surface area contributed by atoms with E-state index in [4.69, 9.17) is 4.74 Å². The van der Waals surface area contributed by atoms with E-state index in [9.17, 15) is 9.90 Å². The van der Waals surface area contributed by atoms with Crippen molar-refractivity contribution in [2.75, 3.05) is 0 Å². The fourth-order valence-corrected chi connectivity index (χ4v) is 1.62. The number of nitrogens with zero attached hydrogens (tertiary/aromatic N) is 1. The zero-order valence-electron chi connectivity index (χ0n) is 10.7. The first kappa shape index (κ1) is 13.1. The van der Waals surface area contributed by atoms with Crippen LogP contribution in [0.5, 0.6) is 11.5 Å². The minimum absolute atomic E-state index is 0.00998. The molecule has 0 unspecified atom stereocenters. The first-order valence-corrected chi connectivity index (χ1v) is 6.07. The van der Waals surface area contributed by atoms with Crippen LogP contribution >= 0.6 is 0 Å². The van der Waals surface area contributed by atoms with Gasteiger partial charge in [0.2, 0.25) is 0 Å². The summed E-state index contributed by atoms with van der Waals surface area (Å²) < 4.78 is 5.47. The highest BCUT2D eigenvalue weighted by Gasteiger charge is 2.05. The number of carbonyl (C=O) groups excluding carboxylic acids is 1. The number of phenols is 1. The number of hydrogen-bond acceptors (Lipinski definition) is 4. The molecular formula is C15H15NO3. The lowest BCUT2D eigenvalue weighted by Crippen LogP contribution is -1.99. The van der Waals surface area contributed by atoms with Gasteiger partial charge >= 0.3 is 0 Å². The van der Waals surface area contributed by atoms with Gasteiger partial charge in [-0.1, -0.05) is 13.0 Å². The third-order valence-electron chi connectivity index (χ3n) is 2.79. The first-order valence-electron chi connectivity index (χ1n) is 6.07. The van der Waals surface area contributed by atoms with Crippen molar-refractivity contribution in [3.05, 3.63) is 53.3 Å². The van der Waals surface area contributed by atoms with Crippen molar-refractivity contribution in [2.45, 2.75) is 20.0 Å². The standard InChI is InChI=1S/C15H15NO3/c1-2-11-3-5-13(16-8-11)10-19-15-7-12(9-17)4-6-14(15)18/h3-9,18H,2,10H2,1H3. The zero-order chi connectivity index (χ0) is 13.7. The van der Waals surface area contributed by atoms with Crippen LogP contribution in [-0.4, -0.2) is 16.4 Å². The van der Waals surface area contributed by atoms with E-state index in [2.05, 4.69) is 11.9 Å². The fraction of sp³-hybridized carbons (Fsp3) is 0.200. The Morgan fingerprint density at radius 3 is 2.79 bits per heavy atom. The van der Waals surface area contributed by atoms with Crippen LogP contribution in [0.3, 0.4) is 0 Å². The quantitative estimate of drug-likeness (QED) is 0.837. The summed E-state index contributed by atoms with van der Waals surface area (Å²) in [5.74, 6) is 0.293. The van der Waals surface area contributed by atoms with Crippen LogP contribution in [0.1, 0.15) is 28.5 Å². The van der Waals surface area contributed by atoms with Crippen molar-refractivity contribution in [2.24, 2.45) is 0 Å². The summed E-state index contributed by atoms with van der Waals surface area (Å²) in [6.45, 7) is 2.32. The molecule has 4 nitrogen and oxygen atoms in total. The Balaban J connectivity index is 2.07. The van der Waals surface area contributed by atoms with Crippen LogP contribution in [0.2, 0.25) is 0 Å². The molecule has 0 fully saturated rings. The minimum Gasteiger partial charge on any atom is -0.504 e. The van der Waals surface area contributed by atoms with Crippen LogP contribution < -0.4 is 4.74 Å². The summed E-state index contributed by atoms with van der Waals surface area (Å²) in [5, 5.41) is 9.63. The third kappa shape index (κ3) is 3.31. The molecular weight excluding hydrogens is 242 g/mol. The Bertz CT molecular complexity index is 564. The smallest absolute Gasteiger partial charge is 0.162 e. The minimum atomic E-state index is 0.00998. The lowest BCUT2D eigenvalue weighted by atomic mass is 10.2. The van der Waals surface area contributed by atoms with Gasteiger partial charge in [0.25, 0.3) is 0 Å². The van der Waals surface area contributed by atoms with Crippen LogP contribution in [0.4, 0.5) is 0 Å². The maximum absolute atomic E-state index is 10.7. The molecule has 0 bridgehead atoms. The normalized spacial score (nSPS) is 10.2. The molecule has 98 valence electrons. The highest BCUT2D eigenvalue weighted by atomic mass is 16.5. The summed E-state index contributed by atoms with van der Waals surface area (Å²) in [7, 11) is 0. The average molecular weight is 257 g/mol. The monoisotopic (exact) mass is 257 g/mol. The number of pyridine rings is 1. The van der Waals surface area contributed by atoms with Gasteiger partial charge in [0.1, 0.15) is 12.9 Å². The van der Waals surface area contributed by atoms with Gasteiger partial charge in [-0.15, -0.1) is 0 Å². The van der Waals surface area contributed by atoms with Crippen molar-refractivity contribution in [3.63, 3.8) is 0 Å². The van der Waals surface area contributed by atoms with Crippen LogP contribution in [0.25, 0.3) is 0 Å². The number of aromatic hydroxyl groups is 1. The molecule has 0 atom stereocenters. The molecule has 2 rings (SSSR count). The van der Waals surface area contributed by atoms with Crippen LogP contribution in [0.15, 0.2) is 36.5 Å². The SMILES string of the molecule is CCc1ccc(COc2cc(C=O)ccc2O)nc1. The van der Waals surface area contributed by atoms with Gasteiger partial charge in [0, 0.05) is 11.8 Å². The van der Waals surface area contributed by atoms with Gasteiger partial charge in [-0.25, -0.2) is 0 Å². The molecule has 0 aliphatic rings. The van der Waals surface area contributed by atoms with Gasteiger partial charge in [-0.3, -0.25) is 9.78 Å². The van der Waals surface area contributed by atoms with Crippen LogP contribution in [0, 0.1) is 0 Å². The molecule has 1 aromatic heterocycles. The Hall–Kier alpha value is -2.36. The van der Waals surface area contributed by atoms with E-state index in [1.165, 1.54) is 18.2 Å². The number of rotatable bonds is 5. The average Bonchev–Trinajstić information content (AvgIpc) is 2.47. The molecule has 0 saturated carbocycles. The molecule has 1 heterocycles. The topological polar surface area (TPSA) is 59.4 Å². The molecule has 0 saturated heterocycles. The Kier molecular flexibility index (Phi) is 4.13. The van der Waals surface area contributed by atoms with Crippen molar-refractivity contribution in [1.82, 2.24) is 4.98 Å². The Labute approximate surface area is 111 Å². The van der Waals surface area contributed by atoms with E-state index in [1.807, 2.05) is 12.1 Å². The number of hydrogen-bond donors (Lipinski definition) is 1. The predicted octanol–water partition coefficient (Wildman–Crippen LogP) is 2.74. The molecule has 4 heteroatoms. The summed E-state index contributed by atoms with van der Waals surface area (Å²) in [5.41, 5.74) is 2.39. The maximum Gasteiger partial charge on any atom is 0.162 e. The first-order chi connectivity index (χ1) is 9.22. The summed E-state index contributed by atoms with van der Waals surface area (Å²) in [6.07, 6.45) is 3.46. The second-order valence-electron chi connectivity index (χ2n) is 4.15. The number of aldehydes is 1. The molecule has 0 spiro atoms. The number of benzene rings is 1. The highest BCUT2D eigenvalue weighted by Crippen LogP contribution is 2.26. The molecule has 0 amide bonds. The number of carbonyl (C=O) groups is 1. The number of ether oxygens (including phenoxy) is 1. The van der Waals surface area contributed by atoms with Gasteiger partial charge in [0.15, 0.2) is 11.5 Å². The van der Waals surface area contributed by atoms with Gasteiger partial charge in [-0.2, -0.15) is 0 Å². The second kappa shape index (κ2) is 6.00. The number of aryl methyl sites for hydroxylation is 1. The lowest BCUT2D eigenvalue weighted by molar-refractivity contribution is 0.112. The largest absolute Gasteiger partial charge is 0.504 e. The van der Waals surface area contributed by atoms with Crippen LogP contribution in [-0.2, 0) is 13.0 Å². The molecule has 1 N–H and O–H groups in total. The van der Waals surface area contributed by atoms with Gasteiger partial charge < -0.3 is 9.84 Å². The molecule has 0 aliphatic carbocycles. The molecule has 0 radical (unpaired) electrons. The van der Waals surface area contributed by atoms with E-state index < -0.39 is 0 Å². The Morgan fingerprint density at radius 2 is 2.16 bits per heavy atom. The number of aromatic nitrogens is 1. The molecule has 1 aromatic carbocycles. The highest BCUT2D eigenvalue weighted by molar-refractivity contribution is 5.76. The fourth-order valence-electron chi connectivity index (χ4n) is 1.62. The third-order valence-corrected chi connectivity index (χ3v) is 2.79. The summed E-state index contributed by atoms with van der Waals surface area (Å²) >= 11 is 0. The molecule has 19 heavy (non-hydrogen) atoms.